The van der Waals surface area contributed by atoms with E-state index in [9.17, 15) is 2.65 Å². The van der Waals surface area contributed by atoms with Gasteiger partial charge in [0, 0.05) is 0 Å². The Balaban J connectivity index is 2.65. The Kier molecular flexibility index (Phi) is 8.75. The topological polar surface area (TPSA) is 43.4 Å². The van der Waals surface area contributed by atoms with Crippen molar-refractivity contribution in [3.05, 3.63) is 0 Å². The van der Waals surface area contributed by atoms with Crippen LogP contribution < -0.4 is 0 Å². The summed E-state index contributed by atoms with van der Waals surface area (Å²) in [6, 6.07) is 0. The molecule has 0 unspecified atom stereocenters. The molecule has 0 aromatic rings. The van der Waals surface area contributed by atoms with Crippen molar-refractivity contribution in [2.24, 2.45) is 0 Å². The van der Waals surface area contributed by atoms with Gasteiger partial charge in [-0.2, -0.15) is 0 Å². The molecule has 0 aliphatic heterocycles. The van der Waals surface area contributed by atoms with Crippen LogP contribution in [0.1, 0.15) is 0 Å². The number of hydrogen-bond acceptors (Lipinski definition) is 3. The summed E-state index contributed by atoms with van der Waals surface area (Å²) in [5.74, 6) is 0. The molecule has 0 saturated heterocycles. The van der Waals surface area contributed by atoms with Gasteiger partial charge in [-0.15, -0.1) is 0 Å². The summed E-state index contributed by atoms with van der Waals surface area (Å²) in [6.45, 7) is 0. The van der Waals surface area contributed by atoms with Crippen LogP contribution in [0.15, 0.2) is 0 Å². The zero-order valence-electron chi connectivity index (χ0n) is 1.89. The molecule has 0 rings (SSSR count). The summed E-state index contributed by atoms with van der Waals surface area (Å²) in [4.78, 5) is 0. The Morgan fingerprint density at radius 3 is 1.60 bits per heavy atom. The van der Waals surface area contributed by atoms with E-state index < -0.39 is 70.6 Å². The van der Waals surface area contributed by atoms with Gasteiger partial charge in [0.15, 0.2) is 0 Å². The van der Waals surface area contributed by atoms with Gasteiger partial charge in [-0.1, -0.05) is 0 Å². The van der Waals surface area contributed by atoms with Gasteiger partial charge in [-0.3, -0.25) is 0 Å². The fourth-order valence-electron chi connectivity index (χ4n) is 0.00756. The Hall–Kier alpha value is 2.13. The molecule has 0 aliphatic rings. The maximum atomic E-state index is 9.26. The molecule has 0 N–H and O–H groups in total. The molecule has 5 heavy (non-hydrogen) atoms. The molecule has 0 saturated carbocycles. The van der Waals surface area contributed by atoms with E-state index in [1.807, 2.05) is 0 Å². The zero-order valence-corrected chi connectivity index (χ0v) is 6.17. The molecule has 0 aromatic carbocycles. The number of rotatable bonds is 2. The van der Waals surface area contributed by atoms with E-state index >= 15 is 0 Å². The third-order valence-corrected chi connectivity index (χ3v) is 2.04. The van der Waals surface area contributed by atoms with Crippen molar-refractivity contribution in [1.29, 1.82) is 0 Å². The first-order valence-corrected chi connectivity index (χ1v) is 4.04. The van der Waals surface area contributed by atoms with Crippen LogP contribution in [0.3, 0.4) is 0 Å². The molecular formula is O3Tb2. The summed E-state index contributed by atoms with van der Waals surface area (Å²) in [5.41, 5.74) is 0. The van der Waals surface area contributed by atoms with Gasteiger partial charge < -0.3 is 0 Å². The molecule has 3 nitrogen and oxygen atoms in total. The molecule has 5 heteroatoms. The first kappa shape index (κ1) is 7.13. The standard InChI is InChI=1S/3O.2Tb. The quantitative estimate of drug-likeness (QED) is 0.674. The van der Waals surface area contributed by atoms with E-state index in [2.05, 4.69) is -2.06 Å². The summed E-state index contributed by atoms with van der Waals surface area (Å²) < 4.78 is 22.5. The predicted molar refractivity (Wildman–Crippen MR) is 2.46 cm³/mol. The molecular weight excluding hydrogens is 366 g/mol. The molecule has 0 spiro atoms. The zero-order chi connectivity index (χ0) is 4.12. The van der Waals surface area contributed by atoms with Crippen molar-refractivity contribution in [3.8, 4) is 0 Å². The van der Waals surface area contributed by atoms with Crippen LogP contribution in [0.5, 0.6) is 0 Å². The third kappa shape index (κ3) is 6.13. The van der Waals surface area contributed by atoms with E-state index in [0.717, 1.165) is 0 Å². The van der Waals surface area contributed by atoms with Crippen LogP contribution in [0.25, 0.3) is 0 Å². The van der Waals surface area contributed by atoms with Gasteiger partial charge in [0.1, 0.15) is 0 Å². The molecule has 0 bridgehead atoms. The minimum atomic E-state index is -1.50. The Morgan fingerprint density at radius 2 is 1.60 bits per heavy atom. The van der Waals surface area contributed by atoms with E-state index in [4.69, 9.17) is 0 Å². The van der Waals surface area contributed by atoms with Crippen molar-refractivity contribution in [2.75, 3.05) is 0 Å². The summed E-state index contributed by atoms with van der Waals surface area (Å²) >= 11 is -3.00. The van der Waals surface area contributed by atoms with Crippen molar-refractivity contribution in [1.82, 2.24) is 0 Å². The van der Waals surface area contributed by atoms with E-state index in [-0.39, 0.29) is 0 Å². The van der Waals surface area contributed by atoms with Gasteiger partial charge >= 0.3 is 71.2 Å². The second-order valence-electron chi connectivity index (χ2n) is 0.156. The first-order valence-electron chi connectivity index (χ1n) is 0.544. The molecule has 0 fully saturated rings. The average Bonchev–Trinajstić information content (AvgIpc) is 1.41. The van der Waals surface area contributed by atoms with Gasteiger partial charge in [0.05, 0.1) is 0 Å². The van der Waals surface area contributed by atoms with Gasteiger partial charge in [-0.25, -0.2) is 0 Å². The first-order chi connectivity index (χ1) is 2.41. The predicted octanol–water partition coefficient (Wildman–Crippen LogP) is -0.306. The Bertz CT molecular complexity index is 34.2. The minimum absolute atomic E-state index is 1.50. The van der Waals surface area contributed by atoms with Gasteiger partial charge in [-0.05, 0) is 0 Å². The third-order valence-electron chi connectivity index (χ3n) is 0.0370. The van der Waals surface area contributed by atoms with Gasteiger partial charge in [0.2, 0.25) is 0 Å². The Labute approximate surface area is 69.3 Å². The van der Waals surface area contributed by atoms with Crippen LogP contribution in [0.4, 0.5) is 0 Å². The van der Waals surface area contributed by atoms with E-state index in [1.54, 1.807) is 0 Å². The molecule has 0 aromatic heterocycles. The summed E-state index contributed by atoms with van der Waals surface area (Å²) in [7, 11) is 0. The SMILES string of the molecule is [O]=[Tb][O][Tb]=[O]. The molecule has 0 atom stereocenters. The Morgan fingerprint density at radius 1 is 1.20 bits per heavy atom. The van der Waals surface area contributed by atoms with Crippen molar-refractivity contribution in [2.45, 2.75) is 0 Å². The second-order valence-corrected chi connectivity index (χ2v) is 3.32. The summed E-state index contributed by atoms with van der Waals surface area (Å²) in [6.07, 6.45) is 0. The molecule has 36 valence electrons. The molecule has 0 amide bonds. The fourth-order valence-corrected chi connectivity index (χ4v) is 0.416. The molecule has 0 heterocycles. The number of hydrogen-bond donors (Lipinski definition) is 0. The van der Waals surface area contributed by atoms with Crippen molar-refractivity contribution < 1.29 is 71.2 Å². The molecule has 0 radical (unpaired) electrons. The van der Waals surface area contributed by atoms with Crippen LogP contribution in [-0.4, -0.2) is 0 Å². The molecule has 0 aliphatic carbocycles. The van der Waals surface area contributed by atoms with Crippen LogP contribution in [0.2, 0.25) is 0 Å². The fraction of sp³-hybridized carbons (Fsp3) is 0. The van der Waals surface area contributed by atoms with Crippen molar-refractivity contribution in [3.63, 3.8) is 0 Å². The van der Waals surface area contributed by atoms with E-state index in [1.165, 1.54) is 0 Å². The van der Waals surface area contributed by atoms with Crippen LogP contribution in [-0.2, 0) is 0.592 Å². The van der Waals surface area contributed by atoms with Crippen molar-refractivity contribution >= 4 is 0 Å². The van der Waals surface area contributed by atoms with Crippen LogP contribution in [0, 0.1) is 70.6 Å². The van der Waals surface area contributed by atoms with Gasteiger partial charge in [0.25, 0.3) is 0 Å². The monoisotopic (exact) mass is 366 g/mol. The van der Waals surface area contributed by atoms with Crippen LogP contribution >= 0.6 is 0 Å². The maximum absolute atomic E-state index is 9.26. The average molecular weight is 366 g/mol. The van der Waals surface area contributed by atoms with E-state index in [0.29, 0.717) is 0 Å². The normalized spacial score (nSPS) is 9.60. The second kappa shape index (κ2) is 6.13. The summed E-state index contributed by atoms with van der Waals surface area (Å²) in [5, 5.41) is 0.